The van der Waals surface area contributed by atoms with Crippen molar-refractivity contribution in [2.45, 2.75) is 51.7 Å². The monoisotopic (exact) mass is 320 g/mol. The first-order chi connectivity index (χ1) is 11.1. The number of hydrogen-bond donors (Lipinski definition) is 2. The molecular weight excluding hydrogens is 288 g/mol. The number of hydrogen-bond acceptors (Lipinski definition) is 4. The zero-order chi connectivity index (χ0) is 16.7. The second-order valence-electron chi connectivity index (χ2n) is 6.77. The molecule has 1 aromatic rings. The molecule has 0 radical (unpaired) electrons. The van der Waals surface area contributed by atoms with Crippen molar-refractivity contribution < 1.29 is 9.84 Å². The van der Waals surface area contributed by atoms with Crippen LogP contribution in [0.1, 0.15) is 45.1 Å². The topological polar surface area (TPSA) is 44.7 Å². The van der Waals surface area contributed by atoms with Gasteiger partial charge >= 0.3 is 0 Å². The summed E-state index contributed by atoms with van der Waals surface area (Å²) in [6.45, 7) is 10.9. The Bertz CT molecular complexity index is 456. The van der Waals surface area contributed by atoms with E-state index in [4.69, 9.17) is 4.74 Å². The minimum Gasteiger partial charge on any atom is -0.491 e. The summed E-state index contributed by atoms with van der Waals surface area (Å²) >= 11 is 0. The van der Waals surface area contributed by atoms with Gasteiger partial charge in [0.15, 0.2) is 0 Å². The van der Waals surface area contributed by atoms with Crippen LogP contribution in [0.25, 0.3) is 0 Å². The van der Waals surface area contributed by atoms with Crippen molar-refractivity contribution in [1.82, 2.24) is 10.2 Å². The second-order valence-corrected chi connectivity index (χ2v) is 6.77. The number of para-hydroxylation sites is 1. The van der Waals surface area contributed by atoms with Crippen molar-refractivity contribution in [3.8, 4) is 5.75 Å². The molecule has 4 heteroatoms. The Balaban J connectivity index is 1.70. The number of piperidine rings is 1. The summed E-state index contributed by atoms with van der Waals surface area (Å²) in [5.41, 5.74) is 1.19. The molecule has 1 aliphatic heterocycles. The van der Waals surface area contributed by atoms with Crippen LogP contribution in [0.15, 0.2) is 24.3 Å². The van der Waals surface area contributed by atoms with Gasteiger partial charge in [-0.25, -0.2) is 0 Å². The average molecular weight is 320 g/mol. The number of nitrogens with one attached hydrogen (secondary N) is 1. The third kappa shape index (κ3) is 5.79. The number of nitrogens with zero attached hydrogens (tertiary/aromatic N) is 1. The van der Waals surface area contributed by atoms with Crippen molar-refractivity contribution in [3.63, 3.8) is 0 Å². The Kier molecular flexibility index (Phi) is 7.34. The molecular formula is C19H32N2O2. The molecule has 2 N–H and O–H groups in total. The first-order valence-electron chi connectivity index (χ1n) is 8.95. The fourth-order valence-corrected chi connectivity index (χ4v) is 3.09. The molecule has 23 heavy (non-hydrogen) atoms. The molecule has 0 amide bonds. The van der Waals surface area contributed by atoms with Gasteiger partial charge in [0.1, 0.15) is 18.5 Å². The van der Waals surface area contributed by atoms with Crippen LogP contribution in [0.3, 0.4) is 0 Å². The molecule has 0 aliphatic carbocycles. The van der Waals surface area contributed by atoms with E-state index in [1.807, 2.05) is 18.2 Å². The van der Waals surface area contributed by atoms with Crippen LogP contribution >= 0.6 is 0 Å². The van der Waals surface area contributed by atoms with Gasteiger partial charge in [0.25, 0.3) is 0 Å². The largest absolute Gasteiger partial charge is 0.491 e. The number of aliphatic hydroxyl groups is 1. The first kappa shape index (κ1) is 18.2. The lowest BCUT2D eigenvalue weighted by Crippen LogP contribution is -2.45. The van der Waals surface area contributed by atoms with Gasteiger partial charge in [0.2, 0.25) is 0 Å². The number of likely N-dealkylation sites (tertiary alicyclic amines) is 1. The number of rotatable bonds is 8. The molecule has 1 atom stereocenters. The molecule has 130 valence electrons. The Morgan fingerprint density at radius 2 is 1.96 bits per heavy atom. The van der Waals surface area contributed by atoms with E-state index >= 15 is 0 Å². The summed E-state index contributed by atoms with van der Waals surface area (Å²) in [4.78, 5) is 2.47. The predicted octanol–water partition coefficient (Wildman–Crippen LogP) is 2.62. The zero-order valence-electron chi connectivity index (χ0n) is 14.8. The Morgan fingerprint density at radius 1 is 1.26 bits per heavy atom. The van der Waals surface area contributed by atoms with Gasteiger partial charge in [-0.3, -0.25) is 0 Å². The van der Waals surface area contributed by atoms with Gasteiger partial charge in [-0.15, -0.1) is 0 Å². The van der Waals surface area contributed by atoms with Crippen molar-refractivity contribution >= 4 is 0 Å². The van der Waals surface area contributed by atoms with E-state index in [0.717, 1.165) is 38.2 Å². The number of aliphatic hydroxyl groups excluding tert-OH is 1. The molecule has 0 bridgehead atoms. The normalized spacial score (nSPS) is 18.3. The molecule has 1 saturated heterocycles. The third-order valence-electron chi connectivity index (χ3n) is 4.65. The van der Waals surface area contributed by atoms with Crippen LogP contribution in [0.4, 0.5) is 0 Å². The maximum atomic E-state index is 10.2. The van der Waals surface area contributed by atoms with Crippen LogP contribution < -0.4 is 10.1 Å². The lowest BCUT2D eigenvalue weighted by Gasteiger charge is -2.32. The fraction of sp³-hybridized carbons (Fsp3) is 0.684. The van der Waals surface area contributed by atoms with E-state index in [1.165, 1.54) is 5.56 Å². The molecule has 1 aromatic carbocycles. The van der Waals surface area contributed by atoms with E-state index in [9.17, 15) is 5.11 Å². The summed E-state index contributed by atoms with van der Waals surface area (Å²) < 4.78 is 5.84. The van der Waals surface area contributed by atoms with Crippen molar-refractivity contribution in [1.29, 1.82) is 0 Å². The maximum Gasteiger partial charge on any atom is 0.122 e. The van der Waals surface area contributed by atoms with Crippen molar-refractivity contribution in [2.75, 3.05) is 32.8 Å². The quantitative estimate of drug-likeness (QED) is 0.773. The smallest absolute Gasteiger partial charge is 0.122 e. The number of ether oxygens (including phenoxy) is 1. The highest BCUT2D eigenvalue weighted by Crippen LogP contribution is 2.25. The minimum atomic E-state index is -0.473. The predicted molar refractivity (Wildman–Crippen MR) is 95.2 cm³/mol. The SMILES string of the molecule is CCN1CCC(NC[C@H](O)COc2ccccc2C(C)C)CC1. The third-order valence-corrected chi connectivity index (χ3v) is 4.65. The van der Waals surface area contributed by atoms with E-state index in [1.54, 1.807) is 0 Å². The van der Waals surface area contributed by atoms with Gasteiger partial charge in [0, 0.05) is 12.6 Å². The van der Waals surface area contributed by atoms with E-state index in [-0.39, 0.29) is 0 Å². The Hall–Kier alpha value is -1.10. The van der Waals surface area contributed by atoms with E-state index in [2.05, 4.69) is 37.1 Å². The first-order valence-corrected chi connectivity index (χ1v) is 8.95. The van der Waals surface area contributed by atoms with Crippen LogP contribution in [-0.4, -0.2) is 54.9 Å². The van der Waals surface area contributed by atoms with E-state index < -0.39 is 6.10 Å². The fourth-order valence-electron chi connectivity index (χ4n) is 3.09. The molecule has 2 rings (SSSR count). The molecule has 0 unspecified atom stereocenters. The van der Waals surface area contributed by atoms with Gasteiger partial charge in [-0.1, -0.05) is 39.0 Å². The molecule has 0 spiro atoms. The van der Waals surface area contributed by atoms with E-state index in [0.29, 0.717) is 25.1 Å². The molecule has 1 fully saturated rings. The average Bonchev–Trinajstić information content (AvgIpc) is 2.58. The molecule has 4 nitrogen and oxygen atoms in total. The number of benzene rings is 1. The summed E-state index contributed by atoms with van der Waals surface area (Å²) in [7, 11) is 0. The summed E-state index contributed by atoms with van der Waals surface area (Å²) in [6, 6.07) is 8.61. The molecule has 0 saturated carbocycles. The zero-order valence-corrected chi connectivity index (χ0v) is 14.8. The van der Waals surface area contributed by atoms with Crippen molar-refractivity contribution in [2.24, 2.45) is 0 Å². The lowest BCUT2D eigenvalue weighted by molar-refractivity contribution is 0.0981. The van der Waals surface area contributed by atoms with Crippen LogP contribution in [0, 0.1) is 0 Å². The van der Waals surface area contributed by atoms with Crippen LogP contribution in [0.2, 0.25) is 0 Å². The molecule has 0 aromatic heterocycles. The summed E-state index contributed by atoms with van der Waals surface area (Å²) in [6.07, 6.45) is 1.86. The molecule has 1 heterocycles. The maximum absolute atomic E-state index is 10.2. The second kappa shape index (κ2) is 9.26. The van der Waals surface area contributed by atoms with Gasteiger partial charge in [0.05, 0.1) is 0 Å². The van der Waals surface area contributed by atoms with Gasteiger partial charge < -0.3 is 20.1 Å². The van der Waals surface area contributed by atoms with Crippen LogP contribution in [0.5, 0.6) is 5.75 Å². The summed E-state index contributed by atoms with van der Waals surface area (Å²) in [5.74, 6) is 1.31. The highest BCUT2D eigenvalue weighted by molar-refractivity contribution is 5.35. The van der Waals surface area contributed by atoms with Crippen molar-refractivity contribution in [3.05, 3.63) is 29.8 Å². The minimum absolute atomic E-state index is 0.338. The van der Waals surface area contributed by atoms with Crippen LogP contribution in [-0.2, 0) is 0 Å². The van der Waals surface area contributed by atoms with Gasteiger partial charge in [-0.05, 0) is 50.0 Å². The highest BCUT2D eigenvalue weighted by Gasteiger charge is 2.18. The molecule has 1 aliphatic rings. The lowest BCUT2D eigenvalue weighted by atomic mass is 10.0. The summed E-state index contributed by atoms with van der Waals surface area (Å²) in [5, 5.41) is 13.7. The standard InChI is InChI=1S/C19H32N2O2/c1-4-21-11-9-16(10-12-21)20-13-17(22)14-23-19-8-6-5-7-18(19)15(2)3/h5-8,15-17,20,22H,4,9-14H2,1-3H3/t17-/m0/s1. The highest BCUT2D eigenvalue weighted by atomic mass is 16.5. The van der Waals surface area contributed by atoms with Gasteiger partial charge in [-0.2, -0.15) is 0 Å². The Morgan fingerprint density at radius 3 is 2.61 bits per heavy atom. The Labute approximate surface area is 140 Å².